The Morgan fingerprint density at radius 1 is 1.08 bits per heavy atom. The van der Waals surface area contributed by atoms with E-state index in [1.165, 1.54) is 30.2 Å². The van der Waals surface area contributed by atoms with E-state index in [1.807, 2.05) is 30.3 Å². The quantitative estimate of drug-likeness (QED) is 0.764. The monoisotopic (exact) mass is 329 g/mol. The van der Waals surface area contributed by atoms with E-state index in [9.17, 15) is 14.0 Å². The van der Waals surface area contributed by atoms with Crippen molar-refractivity contribution in [3.63, 3.8) is 0 Å². The van der Waals surface area contributed by atoms with Gasteiger partial charge in [0.05, 0.1) is 18.6 Å². The molecular weight excluding hydrogens is 309 g/mol. The summed E-state index contributed by atoms with van der Waals surface area (Å²) in [6, 6.07) is 15.2. The highest BCUT2D eigenvalue weighted by molar-refractivity contribution is 5.94. The topological polar surface area (TPSA) is 46.6 Å². The second kappa shape index (κ2) is 8.24. The average Bonchev–Trinajstić information content (AvgIpc) is 2.61. The fourth-order valence-electron chi connectivity index (χ4n) is 2.43. The number of hydrogen-bond donors (Lipinski definition) is 0. The van der Waals surface area contributed by atoms with Crippen LogP contribution in [0.25, 0.3) is 0 Å². The van der Waals surface area contributed by atoms with Crippen molar-refractivity contribution in [3.05, 3.63) is 71.5 Å². The third kappa shape index (κ3) is 4.41. The largest absolute Gasteiger partial charge is 0.469 e. The minimum atomic E-state index is -0.578. The molecule has 0 radical (unpaired) electrons. The summed E-state index contributed by atoms with van der Waals surface area (Å²) in [5.74, 6) is -1.94. The van der Waals surface area contributed by atoms with Crippen LogP contribution < -0.4 is 0 Å². The molecule has 1 atom stereocenters. The van der Waals surface area contributed by atoms with Gasteiger partial charge in [-0.3, -0.25) is 9.59 Å². The number of nitrogens with zero attached hydrogens (tertiary/aromatic N) is 1. The molecule has 0 saturated carbocycles. The van der Waals surface area contributed by atoms with Crippen LogP contribution in [0.2, 0.25) is 0 Å². The highest BCUT2D eigenvalue weighted by Crippen LogP contribution is 2.15. The average molecular weight is 329 g/mol. The minimum absolute atomic E-state index is 0.00880. The van der Waals surface area contributed by atoms with Crippen LogP contribution in [0.15, 0.2) is 54.6 Å². The van der Waals surface area contributed by atoms with E-state index in [-0.39, 0.29) is 18.7 Å². The van der Waals surface area contributed by atoms with Gasteiger partial charge in [-0.1, -0.05) is 49.4 Å². The van der Waals surface area contributed by atoms with Crippen molar-refractivity contribution in [1.29, 1.82) is 0 Å². The predicted molar refractivity (Wildman–Crippen MR) is 88.8 cm³/mol. The van der Waals surface area contributed by atoms with E-state index >= 15 is 0 Å². The van der Waals surface area contributed by atoms with E-state index < -0.39 is 23.6 Å². The number of hydrogen-bond acceptors (Lipinski definition) is 3. The smallest absolute Gasteiger partial charge is 0.310 e. The van der Waals surface area contributed by atoms with E-state index in [1.54, 1.807) is 13.0 Å². The maximum Gasteiger partial charge on any atom is 0.310 e. The lowest BCUT2D eigenvalue weighted by Gasteiger charge is -2.25. The highest BCUT2D eigenvalue weighted by atomic mass is 19.1. The second-order valence-electron chi connectivity index (χ2n) is 5.58. The van der Waals surface area contributed by atoms with Crippen LogP contribution in [-0.2, 0) is 16.1 Å². The zero-order chi connectivity index (χ0) is 17.5. The highest BCUT2D eigenvalue weighted by Gasteiger charge is 2.24. The Morgan fingerprint density at radius 2 is 1.71 bits per heavy atom. The SMILES string of the molecule is COC(=O)C(C)CN(Cc1ccccc1)C(=O)c1ccccc1F. The maximum absolute atomic E-state index is 14.0. The number of carbonyl (C=O) groups excluding carboxylic acids is 2. The Bertz CT molecular complexity index is 703. The van der Waals surface area contributed by atoms with Gasteiger partial charge in [0.15, 0.2) is 0 Å². The van der Waals surface area contributed by atoms with Crippen molar-refractivity contribution in [3.8, 4) is 0 Å². The second-order valence-corrected chi connectivity index (χ2v) is 5.58. The summed E-state index contributed by atoms with van der Waals surface area (Å²) in [5.41, 5.74) is 0.893. The number of methoxy groups -OCH3 is 1. The lowest BCUT2D eigenvalue weighted by atomic mass is 10.1. The first kappa shape index (κ1) is 17.7. The van der Waals surface area contributed by atoms with Crippen LogP contribution in [0.3, 0.4) is 0 Å². The van der Waals surface area contributed by atoms with Gasteiger partial charge in [-0.2, -0.15) is 0 Å². The molecule has 0 N–H and O–H groups in total. The molecule has 5 heteroatoms. The maximum atomic E-state index is 14.0. The van der Waals surface area contributed by atoms with Crippen LogP contribution in [0, 0.1) is 11.7 Å². The summed E-state index contributed by atoms with van der Waals surface area (Å²) in [6.07, 6.45) is 0. The van der Waals surface area contributed by atoms with Gasteiger partial charge in [-0.25, -0.2) is 4.39 Å². The van der Waals surface area contributed by atoms with Crippen molar-refractivity contribution >= 4 is 11.9 Å². The standard InChI is InChI=1S/C19H20FNO3/c1-14(19(23)24-2)12-21(13-15-8-4-3-5-9-15)18(22)16-10-6-7-11-17(16)20/h3-11,14H,12-13H2,1-2H3. The Hall–Kier alpha value is -2.69. The van der Waals surface area contributed by atoms with Crippen LogP contribution in [0.5, 0.6) is 0 Å². The third-order valence-corrected chi connectivity index (χ3v) is 3.71. The Balaban J connectivity index is 2.26. The Labute approximate surface area is 140 Å². The Kier molecular flexibility index (Phi) is 6.07. The molecule has 1 unspecified atom stereocenters. The Morgan fingerprint density at radius 3 is 2.33 bits per heavy atom. The van der Waals surface area contributed by atoms with Crippen molar-refractivity contribution in [2.45, 2.75) is 13.5 Å². The summed E-state index contributed by atoms with van der Waals surface area (Å²) in [7, 11) is 1.30. The molecule has 126 valence electrons. The molecule has 2 rings (SSSR count). The molecule has 0 aromatic heterocycles. The van der Waals surface area contributed by atoms with Crippen molar-refractivity contribution < 1.29 is 18.7 Å². The fraction of sp³-hybridized carbons (Fsp3) is 0.263. The molecule has 24 heavy (non-hydrogen) atoms. The molecule has 2 aromatic rings. The van der Waals surface area contributed by atoms with Crippen LogP contribution in [-0.4, -0.2) is 30.4 Å². The summed E-state index contributed by atoms with van der Waals surface area (Å²) in [6.45, 7) is 2.11. The van der Waals surface area contributed by atoms with E-state index in [0.717, 1.165) is 5.56 Å². The molecule has 4 nitrogen and oxygen atoms in total. The van der Waals surface area contributed by atoms with E-state index in [4.69, 9.17) is 4.74 Å². The van der Waals surface area contributed by atoms with Gasteiger partial charge in [-0.05, 0) is 17.7 Å². The lowest BCUT2D eigenvalue weighted by Crippen LogP contribution is -2.37. The van der Waals surface area contributed by atoms with E-state index in [0.29, 0.717) is 0 Å². The van der Waals surface area contributed by atoms with Gasteiger partial charge in [0.2, 0.25) is 0 Å². The van der Waals surface area contributed by atoms with Crippen LogP contribution in [0.4, 0.5) is 4.39 Å². The molecular formula is C19H20FNO3. The van der Waals surface area contributed by atoms with Gasteiger partial charge in [0.25, 0.3) is 5.91 Å². The molecule has 0 aliphatic heterocycles. The van der Waals surface area contributed by atoms with Crippen molar-refractivity contribution in [1.82, 2.24) is 4.90 Å². The summed E-state index contributed by atoms with van der Waals surface area (Å²) >= 11 is 0. The molecule has 2 aromatic carbocycles. The molecule has 0 spiro atoms. The number of benzene rings is 2. The number of esters is 1. The molecule has 0 aliphatic carbocycles. The van der Waals surface area contributed by atoms with Crippen LogP contribution >= 0.6 is 0 Å². The van der Waals surface area contributed by atoms with Crippen LogP contribution in [0.1, 0.15) is 22.8 Å². The first-order valence-corrected chi connectivity index (χ1v) is 7.68. The third-order valence-electron chi connectivity index (χ3n) is 3.71. The van der Waals surface area contributed by atoms with Gasteiger partial charge in [0, 0.05) is 13.1 Å². The van der Waals surface area contributed by atoms with Gasteiger partial charge >= 0.3 is 5.97 Å². The first-order valence-electron chi connectivity index (χ1n) is 7.68. The predicted octanol–water partition coefficient (Wildman–Crippen LogP) is 3.28. The molecule has 0 fully saturated rings. The van der Waals surface area contributed by atoms with Gasteiger partial charge in [-0.15, -0.1) is 0 Å². The molecule has 0 saturated heterocycles. The fourth-order valence-corrected chi connectivity index (χ4v) is 2.43. The molecule has 1 amide bonds. The number of carbonyl (C=O) groups is 2. The van der Waals surface area contributed by atoms with E-state index in [2.05, 4.69) is 0 Å². The summed E-state index contributed by atoms with van der Waals surface area (Å²) in [4.78, 5) is 25.9. The van der Waals surface area contributed by atoms with Gasteiger partial charge in [0.1, 0.15) is 5.82 Å². The number of ether oxygens (including phenoxy) is 1. The van der Waals surface area contributed by atoms with Crippen molar-refractivity contribution in [2.24, 2.45) is 5.92 Å². The first-order chi connectivity index (χ1) is 11.5. The summed E-state index contributed by atoms with van der Waals surface area (Å²) < 4.78 is 18.7. The zero-order valence-corrected chi connectivity index (χ0v) is 13.7. The molecule has 0 aliphatic rings. The molecule has 0 heterocycles. The van der Waals surface area contributed by atoms with Gasteiger partial charge < -0.3 is 9.64 Å². The number of halogens is 1. The number of amides is 1. The lowest BCUT2D eigenvalue weighted by molar-refractivity contribution is -0.145. The van der Waals surface area contributed by atoms with Crippen molar-refractivity contribution in [2.75, 3.05) is 13.7 Å². The summed E-state index contributed by atoms with van der Waals surface area (Å²) in [5, 5.41) is 0. The molecule has 0 bridgehead atoms. The zero-order valence-electron chi connectivity index (χ0n) is 13.7. The number of rotatable bonds is 6. The minimum Gasteiger partial charge on any atom is -0.469 e. The normalized spacial score (nSPS) is 11.6.